The van der Waals surface area contributed by atoms with Crippen LogP contribution in [0.3, 0.4) is 0 Å². The first-order chi connectivity index (χ1) is 9.47. The summed E-state index contributed by atoms with van der Waals surface area (Å²) in [5.41, 5.74) is 1.81. The SMILES string of the molecule is CC(C)C(=O)CNC(=O)Cc1c[nH]c2ccc(Cl)cc12. The number of Topliss-reactive ketones (excluding diaryl/α,β-unsaturated/α-hetero) is 1. The number of benzene rings is 1. The molecular weight excluding hydrogens is 276 g/mol. The van der Waals surface area contributed by atoms with Gasteiger partial charge in [-0.2, -0.15) is 0 Å². The molecule has 0 aliphatic heterocycles. The Labute approximate surface area is 122 Å². The lowest BCUT2D eigenvalue weighted by atomic mass is 10.1. The second-order valence-corrected chi connectivity index (χ2v) is 5.51. The summed E-state index contributed by atoms with van der Waals surface area (Å²) in [5, 5.41) is 4.21. The summed E-state index contributed by atoms with van der Waals surface area (Å²) < 4.78 is 0. The van der Waals surface area contributed by atoms with E-state index in [2.05, 4.69) is 10.3 Å². The van der Waals surface area contributed by atoms with Gasteiger partial charge in [-0.3, -0.25) is 9.59 Å². The lowest BCUT2D eigenvalue weighted by Gasteiger charge is -2.06. The molecule has 0 fully saturated rings. The molecule has 0 radical (unpaired) electrons. The van der Waals surface area contributed by atoms with Gasteiger partial charge in [0.05, 0.1) is 13.0 Å². The summed E-state index contributed by atoms with van der Waals surface area (Å²) in [6, 6.07) is 5.50. The first-order valence-corrected chi connectivity index (χ1v) is 6.90. The number of aromatic nitrogens is 1. The van der Waals surface area contributed by atoms with Crippen molar-refractivity contribution in [1.82, 2.24) is 10.3 Å². The van der Waals surface area contributed by atoms with Crippen molar-refractivity contribution in [2.75, 3.05) is 6.54 Å². The Morgan fingerprint density at radius 2 is 2.10 bits per heavy atom. The average molecular weight is 293 g/mol. The topological polar surface area (TPSA) is 62.0 Å². The second-order valence-electron chi connectivity index (χ2n) is 5.08. The van der Waals surface area contributed by atoms with Crippen molar-refractivity contribution in [2.45, 2.75) is 20.3 Å². The standard InChI is InChI=1S/C15H17ClN2O2/c1-9(2)14(19)8-18-15(20)5-10-7-17-13-4-3-11(16)6-12(10)13/h3-4,6-7,9,17H,5,8H2,1-2H3,(H,18,20). The molecule has 2 rings (SSSR count). The summed E-state index contributed by atoms with van der Waals surface area (Å²) >= 11 is 5.96. The van der Waals surface area contributed by atoms with E-state index in [1.54, 1.807) is 12.3 Å². The van der Waals surface area contributed by atoms with Crippen LogP contribution in [0.15, 0.2) is 24.4 Å². The van der Waals surface area contributed by atoms with E-state index in [0.717, 1.165) is 16.5 Å². The lowest BCUT2D eigenvalue weighted by molar-refractivity contribution is -0.126. The minimum atomic E-state index is -0.167. The predicted octanol–water partition coefficient (Wildman–Crippen LogP) is 2.71. The van der Waals surface area contributed by atoms with Gasteiger partial charge in [-0.15, -0.1) is 0 Å². The fourth-order valence-electron chi connectivity index (χ4n) is 1.92. The Kier molecular flexibility index (Phi) is 4.45. The molecule has 0 spiro atoms. The van der Waals surface area contributed by atoms with Gasteiger partial charge in [0.15, 0.2) is 5.78 Å². The number of ketones is 1. The number of halogens is 1. The average Bonchev–Trinajstić information content (AvgIpc) is 2.78. The zero-order valence-corrected chi connectivity index (χ0v) is 12.3. The highest BCUT2D eigenvalue weighted by molar-refractivity contribution is 6.31. The third-order valence-corrected chi connectivity index (χ3v) is 3.42. The number of hydrogen-bond donors (Lipinski definition) is 2. The van der Waals surface area contributed by atoms with Crippen LogP contribution in [0.5, 0.6) is 0 Å². The molecule has 0 bridgehead atoms. The van der Waals surface area contributed by atoms with Crippen molar-refractivity contribution >= 4 is 34.2 Å². The molecule has 5 heteroatoms. The maximum Gasteiger partial charge on any atom is 0.224 e. The van der Waals surface area contributed by atoms with Crippen LogP contribution in [0.2, 0.25) is 5.02 Å². The van der Waals surface area contributed by atoms with E-state index in [1.807, 2.05) is 26.0 Å². The largest absolute Gasteiger partial charge is 0.361 e. The molecule has 0 saturated heterocycles. The summed E-state index contributed by atoms with van der Waals surface area (Å²) in [6.45, 7) is 3.71. The number of amides is 1. The third-order valence-electron chi connectivity index (χ3n) is 3.18. The van der Waals surface area contributed by atoms with Gasteiger partial charge >= 0.3 is 0 Å². The Morgan fingerprint density at radius 3 is 2.80 bits per heavy atom. The number of fused-ring (bicyclic) bond motifs is 1. The number of carbonyl (C=O) groups excluding carboxylic acids is 2. The van der Waals surface area contributed by atoms with Crippen molar-refractivity contribution in [1.29, 1.82) is 0 Å². The van der Waals surface area contributed by atoms with E-state index in [0.29, 0.717) is 5.02 Å². The van der Waals surface area contributed by atoms with E-state index in [1.165, 1.54) is 0 Å². The highest BCUT2D eigenvalue weighted by Crippen LogP contribution is 2.22. The van der Waals surface area contributed by atoms with Crippen LogP contribution < -0.4 is 5.32 Å². The first-order valence-electron chi connectivity index (χ1n) is 6.52. The van der Waals surface area contributed by atoms with E-state index < -0.39 is 0 Å². The van der Waals surface area contributed by atoms with Crippen LogP contribution in [0.1, 0.15) is 19.4 Å². The zero-order chi connectivity index (χ0) is 14.7. The van der Waals surface area contributed by atoms with E-state index >= 15 is 0 Å². The van der Waals surface area contributed by atoms with Gasteiger partial charge in [-0.1, -0.05) is 25.4 Å². The zero-order valence-electron chi connectivity index (χ0n) is 11.5. The minimum Gasteiger partial charge on any atom is -0.361 e. The maximum atomic E-state index is 11.9. The third kappa shape index (κ3) is 3.39. The molecule has 1 heterocycles. The number of hydrogen-bond acceptors (Lipinski definition) is 2. The Morgan fingerprint density at radius 1 is 1.35 bits per heavy atom. The summed E-state index contributed by atoms with van der Waals surface area (Å²) in [5.74, 6) is -0.206. The summed E-state index contributed by atoms with van der Waals surface area (Å²) in [7, 11) is 0. The molecule has 0 aliphatic carbocycles. The predicted molar refractivity (Wildman–Crippen MR) is 79.9 cm³/mol. The molecular formula is C15H17ClN2O2. The van der Waals surface area contributed by atoms with Gasteiger partial charge in [-0.25, -0.2) is 0 Å². The number of carbonyl (C=O) groups is 2. The van der Waals surface area contributed by atoms with Crippen LogP contribution in [0.4, 0.5) is 0 Å². The van der Waals surface area contributed by atoms with Crippen molar-refractivity contribution in [2.24, 2.45) is 5.92 Å². The van der Waals surface area contributed by atoms with Crippen LogP contribution in [-0.4, -0.2) is 23.2 Å². The van der Waals surface area contributed by atoms with Crippen LogP contribution >= 0.6 is 11.6 Å². The lowest BCUT2D eigenvalue weighted by Crippen LogP contribution is -2.32. The maximum absolute atomic E-state index is 11.9. The summed E-state index contributed by atoms with van der Waals surface area (Å²) in [6.07, 6.45) is 2.02. The molecule has 20 heavy (non-hydrogen) atoms. The van der Waals surface area contributed by atoms with Gasteiger partial charge in [0.25, 0.3) is 0 Å². The van der Waals surface area contributed by atoms with Crippen LogP contribution in [-0.2, 0) is 16.0 Å². The van der Waals surface area contributed by atoms with E-state index in [4.69, 9.17) is 11.6 Å². The van der Waals surface area contributed by atoms with Crippen molar-refractivity contribution in [3.05, 3.63) is 35.0 Å². The molecule has 4 nitrogen and oxygen atoms in total. The minimum absolute atomic E-state index is 0.0281. The molecule has 0 aliphatic rings. The molecule has 106 valence electrons. The van der Waals surface area contributed by atoms with Gasteiger partial charge < -0.3 is 10.3 Å². The Balaban J connectivity index is 2.03. The first kappa shape index (κ1) is 14.6. The number of nitrogens with one attached hydrogen (secondary N) is 2. The smallest absolute Gasteiger partial charge is 0.224 e. The van der Waals surface area contributed by atoms with E-state index in [-0.39, 0.29) is 30.6 Å². The van der Waals surface area contributed by atoms with Gasteiger partial charge in [0.2, 0.25) is 5.91 Å². The van der Waals surface area contributed by atoms with Crippen LogP contribution in [0, 0.1) is 5.92 Å². The number of H-pyrrole nitrogens is 1. The summed E-state index contributed by atoms with van der Waals surface area (Å²) in [4.78, 5) is 26.4. The van der Waals surface area contributed by atoms with E-state index in [9.17, 15) is 9.59 Å². The fraction of sp³-hybridized carbons (Fsp3) is 0.333. The van der Waals surface area contributed by atoms with Crippen LogP contribution in [0.25, 0.3) is 10.9 Å². The highest BCUT2D eigenvalue weighted by atomic mass is 35.5. The molecule has 1 aromatic carbocycles. The van der Waals surface area contributed by atoms with Crippen molar-refractivity contribution in [3.63, 3.8) is 0 Å². The van der Waals surface area contributed by atoms with Gasteiger partial charge in [0, 0.05) is 28.0 Å². The van der Waals surface area contributed by atoms with Crippen molar-refractivity contribution < 1.29 is 9.59 Å². The molecule has 0 unspecified atom stereocenters. The second kappa shape index (κ2) is 6.09. The normalized spacial score (nSPS) is 11.0. The van der Waals surface area contributed by atoms with Gasteiger partial charge in [-0.05, 0) is 23.8 Å². The molecule has 1 aromatic heterocycles. The fourth-order valence-corrected chi connectivity index (χ4v) is 2.09. The van der Waals surface area contributed by atoms with Crippen molar-refractivity contribution in [3.8, 4) is 0 Å². The molecule has 1 amide bonds. The molecule has 0 saturated carbocycles. The number of aromatic amines is 1. The highest BCUT2D eigenvalue weighted by Gasteiger charge is 2.12. The molecule has 2 N–H and O–H groups in total. The molecule has 0 atom stereocenters. The Bertz CT molecular complexity index is 646. The monoisotopic (exact) mass is 292 g/mol. The van der Waals surface area contributed by atoms with Gasteiger partial charge in [0.1, 0.15) is 0 Å². The Hall–Kier alpha value is -1.81. The number of rotatable bonds is 5. The quantitative estimate of drug-likeness (QED) is 0.890. The molecule has 2 aromatic rings.